The molecule has 1 unspecified atom stereocenters. The van der Waals surface area contributed by atoms with Crippen LogP contribution >= 0.6 is 0 Å². The van der Waals surface area contributed by atoms with Gasteiger partial charge in [0.15, 0.2) is 6.17 Å². The molecule has 9 nitrogen and oxygen atoms in total. The Morgan fingerprint density at radius 2 is 1.50 bits per heavy atom. The second-order valence-corrected chi connectivity index (χ2v) is 10.6. The zero-order chi connectivity index (χ0) is 30.3. The maximum absolute atomic E-state index is 12.7. The van der Waals surface area contributed by atoms with E-state index in [0.29, 0.717) is 43.9 Å². The van der Waals surface area contributed by atoms with Crippen molar-refractivity contribution in [1.82, 2.24) is 20.9 Å². The number of unbranched alkanes of at least 4 members (excludes halogenated alkanes) is 9. The van der Waals surface area contributed by atoms with E-state index >= 15 is 0 Å². The number of anilines is 1. The molecule has 0 saturated heterocycles. The normalized spacial score (nSPS) is 11.4. The Morgan fingerprint density at radius 3 is 2.14 bits per heavy atom. The molecule has 2 aromatic rings. The van der Waals surface area contributed by atoms with Crippen LogP contribution in [0.25, 0.3) is 0 Å². The van der Waals surface area contributed by atoms with Gasteiger partial charge < -0.3 is 26.0 Å². The standard InChI is InChI=1S/C33H51N5O4/c1-3-4-5-6-7-8-9-10-11-13-24-35-31(40)17-15-26-42-30-20-18-29(19-21-30)38-32(37-27(2)39)33(41)36-25-22-28-16-12-14-23-34-28/h12,14,16,18-21,23,32,38H,3-11,13,15,17,22,24-26H2,1-2H3,(H,35,40)(H,36,41)(H,37,39). The van der Waals surface area contributed by atoms with Crippen LogP contribution in [0.5, 0.6) is 5.75 Å². The number of ether oxygens (including phenoxy) is 1. The van der Waals surface area contributed by atoms with Gasteiger partial charge in [0.1, 0.15) is 5.75 Å². The van der Waals surface area contributed by atoms with E-state index in [1.165, 1.54) is 64.7 Å². The third-order valence-electron chi connectivity index (χ3n) is 6.85. The van der Waals surface area contributed by atoms with Gasteiger partial charge in [0.2, 0.25) is 11.8 Å². The highest BCUT2D eigenvalue weighted by atomic mass is 16.5. The van der Waals surface area contributed by atoms with Crippen molar-refractivity contribution in [2.45, 2.75) is 103 Å². The van der Waals surface area contributed by atoms with Gasteiger partial charge >= 0.3 is 0 Å². The molecule has 0 fully saturated rings. The van der Waals surface area contributed by atoms with Crippen LogP contribution in [-0.4, -0.2) is 48.6 Å². The smallest absolute Gasteiger partial charge is 0.263 e. The lowest BCUT2D eigenvalue weighted by molar-refractivity contribution is -0.127. The van der Waals surface area contributed by atoms with Crippen molar-refractivity contribution in [2.24, 2.45) is 0 Å². The molecule has 0 aliphatic rings. The molecule has 9 heteroatoms. The minimum Gasteiger partial charge on any atom is -0.494 e. The van der Waals surface area contributed by atoms with Crippen LogP contribution in [0, 0.1) is 0 Å². The summed E-state index contributed by atoms with van der Waals surface area (Å²) in [5, 5.41) is 11.5. The molecule has 42 heavy (non-hydrogen) atoms. The van der Waals surface area contributed by atoms with E-state index in [0.717, 1.165) is 18.7 Å². The maximum Gasteiger partial charge on any atom is 0.263 e. The molecule has 0 aliphatic carbocycles. The van der Waals surface area contributed by atoms with Gasteiger partial charge in [-0.25, -0.2) is 0 Å². The highest BCUT2D eigenvalue weighted by molar-refractivity contribution is 5.88. The average molecular weight is 582 g/mol. The van der Waals surface area contributed by atoms with Crippen molar-refractivity contribution in [3.63, 3.8) is 0 Å². The molecule has 1 aromatic carbocycles. The predicted molar refractivity (Wildman–Crippen MR) is 168 cm³/mol. The number of pyridine rings is 1. The van der Waals surface area contributed by atoms with Gasteiger partial charge in [0.05, 0.1) is 6.61 Å². The first-order valence-electron chi connectivity index (χ1n) is 15.7. The second kappa shape index (κ2) is 22.0. The van der Waals surface area contributed by atoms with Crippen LogP contribution in [0.4, 0.5) is 5.69 Å². The summed E-state index contributed by atoms with van der Waals surface area (Å²) in [6.45, 7) is 5.19. The largest absolute Gasteiger partial charge is 0.494 e. The molecule has 0 spiro atoms. The van der Waals surface area contributed by atoms with E-state index in [4.69, 9.17) is 4.74 Å². The van der Waals surface area contributed by atoms with Crippen LogP contribution < -0.4 is 26.0 Å². The number of carbonyl (C=O) groups is 3. The van der Waals surface area contributed by atoms with E-state index < -0.39 is 6.17 Å². The lowest BCUT2D eigenvalue weighted by Gasteiger charge is -2.20. The van der Waals surface area contributed by atoms with Crippen LogP contribution in [0.3, 0.4) is 0 Å². The molecule has 1 aromatic heterocycles. The predicted octanol–water partition coefficient (Wildman–Crippen LogP) is 5.51. The van der Waals surface area contributed by atoms with Crippen molar-refractivity contribution < 1.29 is 19.1 Å². The van der Waals surface area contributed by atoms with Gasteiger partial charge in [-0.05, 0) is 49.2 Å². The van der Waals surface area contributed by atoms with Gasteiger partial charge in [-0.3, -0.25) is 19.4 Å². The van der Waals surface area contributed by atoms with Crippen molar-refractivity contribution in [3.05, 3.63) is 54.4 Å². The fourth-order valence-corrected chi connectivity index (χ4v) is 4.50. The van der Waals surface area contributed by atoms with Gasteiger partial charge in [-0.2, -0.15) is 0 Å². The molecule has 0 radical (unpaired) electrons. The minimum absolute atomic E-state index is 0.0661. The Kier molecular flexibility index (Phi) is 18.1. The highest BCUT2D eigenvalue weighted by Crippen LogP contribution is 2.17. The number of amides is 3. The summed E-state index contributed by atoms with van der Waals surface area (Å²) in [7, 11) is 0. The van der Waals surface area contributed by atoms with Gasteiger partial charge in [0, 0.05) is 50.4 Å². The topological polar surface area (TPSA) is 121 Å². The second-order valence-electron chi connectivity index (χ2n) is 10.6. The highest BCUT2D eigenvalue weighted by Gasteiger charge is 2.19. The molecule has 1 heterocycles. The Hall–Kier alpha value is -3.62. The van der Waals surface area contributed by atoms with Crippen LogP contribution in [0.15, 0.2) is 48.7 Å². The van der Waals surface area contributed by atoms with Crippen molar-refractivity contribution in [2.75, 3.05) is 25.0 Å². The van der Waals surface area contributed by atoms with Crippen LogP contribution in [0.2, 0.25) is 0 Å². The van der Waals surface area contributed by atoms with Crippen molar-refractivity contribution in [3.8, 4) is 5.75 Å². The molecule has 232 valence electrons. The number of carbonyl (C=O) groups excluding carboxylic acids is 3. The molecule has 3 amide bonds. The van der Waals surface area contributed by atoms with E-state index in [1.54, 1.807) is 30.5 Å². The van der Waals surface area contributed by atoms with E-state index in [9.17, 15) is 14.4 Å². The summed E-state index contributed by atoms with van der Waals surface area (Å²) in [6.07, 6.45) is 15.3. The Morgan fingerprint density at radius 1 is 0.810 bits per heavy atom. The Labute approximate surface area is 252 Å². The zero-order valence-corrected chi connectivity index (χ0v) is 25.6. The fraction of sp³-hybridized carbons (Fsp3) is 0.576. The maximum atomic E-state index is 12.7. The summed E-state index contributed by atoms with van der Waals surface area (Å²) >= 11 is 0. The summed E-state index contributed by atoms with van der Waals surface area (Å²) < 4.78 is 5.77. The average Bonchev–Trinajstić information content (AvgIpc) is 2.99. The number of rotatable bonds is 23. The third kappa shape index (κ3) is 16.6. The summed E-state index contributed by atoms with van der Waals surface area (Å²) in [5.74, 6) is 0.0753. The molecule has 4 N–H and O–H groups in total. The van der Waals surface area contributed by atoms with Crippen LogP contribution in [-0.2, 0) is 20.8 Å². The minimum atomic E-state index is -0.920. The first kappa shape index (κ1) is 34.6. The molecule has 0 saturated carbocycles. The lowest BCUT2D eigenvalue weighted by atomic mass is 10.1. The van der Waals surface area contributed by atoms with Crippen molar-refractivity contribution in [1.29, 1.82) is 0 Å². The Balaban J connectivity index is 1.57. The summed E-state index contributed by atoms with van der Waals surface area (Å²) in [6, 6.07) is 12.8. The number of benzene rings is 1. The number of nitrogens with zero attached hydrogens (tertiary/aromatic N) is 1. The SMILES string of the molecule is CCCCCCCCCCCCNC(=O)CCCOc1ccc(NC(NC(C)=O)C(=O)NCCc2ccccn2)cc1. The van der Waals surface area contributed by atoms with E-state index in [1.807, 2.05) is 18.2 Å². The molecular formula is C33H51N5O4. The third-order valence-corrected chi connectivity index (χ3v) is 6.85. The van der Waals surface area contributed by atoms with Crippen molar-refractivity contribution >= 4 is 23.4 Å². The zero-order valence-electron chi connectivity index (χ0n) is 25.6. The number of aromatic nitrogens is 1. The summed E-state index contributed by atoms with van der Waals surface area (Å²) in [5.41, 5.74) is 1.54. The van der Waals surface area contributed by atoms with E-state index in [-0.39, 0.29) is 17.7 Å². The molecule has 2 rings (SSSR count). The number of hydrogen-bond donors (Lipinski definition) is 4. The monoisotopic (exact) mass is 581 g/mol. The Bertz CT molecular complexity index is 1020. The van der Waals surface area contributed by atoms with Gasteiger partial charge in [0.25, 0.3) is 5.91 Å². The first-order chi connectivity index (χ1) is 20.5. The fourth-order valence-electron chi connectivity index (χ4n) is 4.50. The lowest BCUT2D eigenvalue weighted by Crippen LogP contribution is -2.51. The van der Waals surface area contributed by atoms with Crippen LogP contribution in [0.1, 0.15) is 96.6 Å². The quantitative estimate of drug-likeness (QED) is 0.101. The van der Waals surface area contributed by atoms with E-state index in [2.05, 4.69) is 33.2 Å². The molecule has 0 aliphatic heterocycles. The molecular weight excluding hydrogens is 530 g/mol. The summed E-state index contributed by atoms with van der Waals surface area (Å²) in [4.78, 5) is 40.7. The molecule has 1 atom stereocenters. The first-order valence-corrected chi connectivity index (χ1v) is 15.7. The van der Waals surface area contributed by atoms with Gasteiger partial charge in [-0.1, -0.05) is 70.8 Å². The van der Waals surface area contributed by atoms with Gasteiger partial charge in [-0.15, -0.1) is 0 Å². The number of hydrogen-bond acceptors (Lipinski definition) is 6. The molecule has 0 bridgehead atoms. The number of nitrogens with one attached hydrogen (secondary N) is 4.